The Balaban J connectivity index is 2.23. The predicted octanol–water partition coefficient (Wildman–Crippen LogP) is 2.41. The first-order chi connectivity index (χ1) is 9.11. The molecule has 4 nitrogen and oxygen atoms in total. The molecule has 0 saturated carbocycles. The van der Waals surface area contributed by atoms with Crippen LogP contribution in [-0.4, -0.2) is 17.2 Å². The van der Waals surface area contributed by atoms with Crippen LogP contribution in [0.25, 0.3) is 0 Å². The number of rotatable bonds is 3. The molecule has 0 spiro atoms. The highest BCUT2D eigenvalue weighted by Crippen LogP contribution is 2.15. The van der Waals surface area contributed by atoms with Crippen LogP contribution in [0.1, 0.15) is 27.0 Å². The first kappa shape index (κ1) is 13.0. The van der Waals surface area contributed by atoms with Crippen LogP contribution in [0.5, 0.6) is 0 Å². The molecule has 0 aliphatic heterocycles. The molecule has 1 aromatic heterocycles. The molecular formula is C15H13N2O2. The lowest BCUT2D eigenvalue weighted by molar-refractivity contribution is 0.102. The number of hydrogen-bond acceptors (Lipinski definition) is 3. The zero-order chi connectivity index (χ0) is 13.8. The van der Waals surface area contributed by atoms with Crippen molar-refractivity contribution in [2.75, 3.05) is 5.32 Å². The predicted molar refractivity (Wildman–Crippen MR) is 72.9 cm³/mol. The second-order valence-corrected chi connectivity index (χ2v) is 4.26. The number of carbonyl (C=O) groups excluding carboxylic acids is 2. The van der Waals surface area contributed by atoms with Gasteiger partial charge in [-0.3, -0.25) is 9.59 Å². The van der Waals surface area contributed by atoms with E-state index in [0.29, 0.717) is 16.9 Å². The largest absolute Gasteiger partial charge is 0.307 e. The van der Waals surface area contributed by atoms with Gasteiger partial charge in [-0.25, -0.2) is 4.98 Å². The van der Waals surface area contributed by atoms with Gasteiger partial charge in [0.05, 0.1) is 0 Å². The number of nitrogens with one attached hydrogen (secondary N) is 1. The summed E-state index contributed by atoms with van der Waals surface area (Å²) in [7, 11) is 0. The minimum Gasteiger partial charge on any atom is -0.307 e. The summed E-state index contributed by atoms with van der Waals surface area (Å²) >= 11 is 0. The number of anilines is 1. The SMILES string of the molecule is Cc1cccc(C)c1C(=O)Nc1ccc([C]=O)cn1. The highest BCUT2D eigenvalue weighted by Gasteiger charge is 2.12. The summed E-state index contributed by atoms with van der Waals surface area (Å²) in [6.07, 6.45) is 3.10. The van der Waals surface area contributed by atoms with E-state index in [1.807, 2.05) is 32.0 Å². The topological polar surface area (TPSA) is 59.1 Å². The van der Waals surface area contributed by atoms with Crippen LogP contribution in [0.4, 0.5) is 5.82 Å². The van der Waals surface area contributed by atoms with Gasteiger partial charge in [0.15, 0.2) is 0 Å². The zero-order valence-electron chi connectivity index (χ0n) is 10.7. The lowest BCUT2D eigenvalue weighted by atomic mass is 10.0. The van der Waals surface area contributed by atoms with Crippen molar-refractivity contribution in [3.8, 4) is 0 Å². The van der Waals surface area contributed by atoms with Crippen LogP contribution in [0.2, 0.25) is 0 Å². The molecule has 1 aromatic carbocycles. The summed E-state index contributed by atoms with van der Waals surface area (Å²) in [6, 6.07) is 8.82. The van der Waals surface area contributed by atoms with Crippen LogP contribution < -0.4 is 5.32 Å². The third-order valence-corrected chi connectivity index (χ3v) is 2.83. The number of nitrogens with zero attached hydrogens (tertiary/aromatic N) is 1. The van der Waals surface area contributed by atoms with Crippen molar-refractivity contribution in [3.05, 3.63) is 58.8 Å². The molecule has 0 aliphatic carbocycles. The van der Waals surface area contributed by atoms with E-state index in [1.54, 1.807) is 18.4 Å². The number of hydrogen-bond donors (Lipinski definition) is 1. The third kappa shape index (κ3) is 2.85. The smallest absolute Gasteiger partial charge is 0.257 e. The van der Waals surface area contributed by atoms with Gasteiger partial charge in [-0.2, -0.15) is 0 Å². The first-order valence-electron chi connectivity index (χ1n) is 5.83. The molecule has 0 fully saturated rings. The van der Waals surface area contributed by atoms with Crippen molar-refractivity contribution < 1.29 is 9.59 Å². The van der Waals surface area contributed by atoms with Gasteiger partial charge in [-0.15, -0.1) is 0 Å². The van der Waals surface area contributed by atoms with Crippen LogP contribution in [0.15, 0.2) is 36.5 Å². The molecule has 0 unspecified atom stereocenters. The molecular weight excluding hydrogens is 240 g/mol. The van der Waals surface area contributed by atoms with Gasteiger partial charge in [0.1, 0.15) is 5.82 Å². The fourth-order valence-corrected chi connectivity index (χ4v) is 1.88. The normalized spacial score (nSPS) is 10.0. The molecule has 0 bridgehead atoms. The van der Waals surface area contributed by atoms with Crippen LogP contribution in [0.3, 0.4) is 0 Å². The average molecular weight is 253 g/mol. The molecule has 4 heteroatoms. The van der Waals surface area contributed by atoms with Gasteiger partial charge in [0.2, 0.25) is 6.29 Å². The summed E-state index contributed by atoms with van der Waals surface area (Å²) in [4.78, 5) is 26.6. The fraction of sp³-hybridized carbons (Fsp3) is 0.133. The van der Waals surface area contributed by atoms with Crippen molar-refractivity contribution in [1.29, 1.82) is 0 Å². The van der Waals surface area contributed by atoms with Gasteiger partial charge in [0.25, 0.3) is 5.91 Å². The Morgan fingerprint density at radius 1 is 1.16 bits per heavy atom. The summed E-state index contributed by atoms with van der Waals surface area (Å²) < 4.78 is 0. The van der Waals surface area contributed by atoms with Gasteiger partial charge in [-0.1, -0.05) is 18.2 Å². The van der Waals surface area contributed by atoms with Crippen LogP contribution >= 0.6 is 0 Å². The van der Waals surface area contributed by atoms with E-state index in [-0.39, 0.29) is 5.91 Å². The van der Waals surface area contributed by atoms with E-state index < -0.39 is 0 Å². The Bertz CT molecular complexity index is 598. The summed E-state index contributed by atoms with van der Waals surface area (Å²) in [5.41, 5.74) is 2.83. The molecule has 2 aromatic rings. The lowest BCUT2D eigenvalue weighted by Crippen LogP contribution is -2.15. The average Bonchev–Trinajstić information content (AvgIpc) is 2.39. The summed E-state index contributed by atoms with van der Waals surface area (Å²) in [6.45, 7) is 3.78. The number of aromatic nitrogens is 1. The Morgan fingerprint density at radius 2 is 1.84 bits per heavy atom. The maximum Gasteiger partial charge on any atom is 0.257 e. The molecule has 1 amide bonds. The van der Waals surface area contributed by atoms with Crippen molar-refractivity contribution >= 4 is 18.0 Å². The van der Waals surface area contributed by atoms with Gasteiger partial charge in [0, 0.05) is 17.3 Å². The fourth-order valence-electron chi connectivity index (χ4n) is 1.88. The number of benzene rings is 1. The van der Waals surface area contributed by atoms with Crippen molar-refractivity contribution in [2.45, 2.75) is 13.8 Å². The molecule has 1 heterocycles. The van der Waals surface area contributed by atoms with E-state index in [4.69, 9.17) is 0 Å². The van der Waals surface area contributed by atoms with Crippen molar-refractivity contribution in [1.82, 2.24) is 4.98 Å². The molecule has 1 radical (unpaired) electrons. The molecule has 2 rings (SSSR count). The number of aryl methyl sites for hydroxylation is 2. The van der Waals surface area contributed by atoms with Gasteiger partial charge >= 0.3 is 0 Å². The maximum absolute atomic E-state index is 12.2. The van der Waals surface area contributed by atoms with Gasteiger partial charge < -0.3 is 5.32 Å². The maximum atomic E-state index is 12.2. The molecule has 19 heavy (non-hydrogen) atoms. The number of carbonyl (C=O) groups is 1. The van der Waals surface area contributed by atoms with Crippen molar-refractivity contribution in [3.63, 3.8) is 0 Å². The minimum absolute atomic E-state index is 0.203. The Morgan fingerprint density at radius 3 is 2.37 bits per heavy atom. The number of amides is 1. The third-order valence-electron chi connectivity index (χ3n) is 2.83. The quantitative estimate of drug-likeness (QED) is 0.913. The van der Waals surface area contributed by atoms with E-state index in [0.717, 1.165) is 11.1 Å². The van der Waals surface area contributed by atoms with Crippen molar-refractivity contribution in [2.24, 2.45) is 0 Å². The molecule has 0 atom stereocenters. The molecule has 0 aliphatic rings. The lowest BCUT2D eigenvalue weighted by Gasteiger charge is -2.09. The Hall–Kier alpha value is -2.49. The first-order valence-corrected chi connectivity index (χ1v) is 5.83. The highest BCUT2D eigenvalue weighted by molar-refractivity contribution is 6.05. The second kappa shape index (κ2) is 5.44. The molecule has 1 N–H and O–H groups in total. The van der Waals surface area contributed by atoms with E-state index in [2.05, 4.69) is 10.3 Å². The number of pyridine rings is 1. The van der Waals surface area contributed by atoms with Gasteiger partial charge in [-0.05, 0) is 37.1 Å². The summed E-state index contributed by atoms with van der Waals surface area (Å²) in [5.74, 6) is 0.206. The van der Waals surface area contributed by atoms with E-state index >= 15 is 0 Å². The monoisotopic (exact) mass is 253 g/mol. The van der Waals surface area contributed by atoms with Crippen LogP contribution in [0, 0.1) is 13.8 Å². The van der Waals surface area contributed by atoms with Crippen LogP contribution in [-0.2, 0) is 4.79 Å². The van der Waals surface area contributed by atoms with E-state index in [1.165, 1.54) is 6.20 Å². The standard InChI is InChI=1S/C15H13N2O2/c1-10-4-3-5-11(2)14(10)15(19)17-13-7-6-12(9-18)8-16-13/h3-8H,1-2H3,(H,16,17,19). The minimum atomic E-state index is -0.203. The Kier molecular flexibility index (Phi) is 3.71. The summed E-state index contributed by atoms with van der Waals surface area (Å²) in [5, 5.41) is 2.71. The van der Waals surface area contributed by atoms with E-state index in [9.17, 15) is 9.59 Å². The Labute approximate surface area is 111 Å². The molecule has 95 valence electrons. The second-order valence-electron chi connectivity index (χ2n) is 4.26. The zero-order valence-corrected chi connectivity index (χ0v) is 10.7. The highest BCUT2D eigenvalue weighted by atomic mass is 16.1. The molecule has 0 saturated heterocycles.